The Morgan fingerprint density at radius 2 is 1.94 bits per heavy atom. The second-order valence-electron chi connectivity index (χ2n) is 7.97. The Morgan fingerprint density at radius 1 is 1.18 bits per heavy atom. The molecule has 3 aromatic rings. The quantitative estimate of drug-likeness (QED) is 0.275. The van der Waals surface area contributed by atoms with Gasteiger partial charge in [-0.05, 0) is 68.1 Å². The van der Waals surface area contributed by atoms with E-state index in [2.05, 4.69) is 43.8 Å². The molecule has 2 N–H and O–H groups in total. The van der Waals surface area contributed by atoms with Gasteiger partial charge in [0, 0.05) is 15.5 Å². The molecule has 2 aromatic heterocycles. The fourth-order valence-electron chi connectivity index (χ4n) is 3.98. The normalized spacial score (nSPS) is 13.5. The van der Waals surface area contributed by atoms with Gasteiger partial charge in [0.1, 0.15) is 5.00 Å². The molecule has 0 radical (unpaired) electrons. The number of anilines is 2. The number of rotatable bonds is 6. The highest BCUT2D eigenvalue weighted by atomic mass is 79.9. The Bertz CT molecular complexity index is 1120. The average molecular weight is 548 g/mol. The maximum Gasteiger partial charge on any atom is 0.341 e. The van der Waals surface area contributed by atoms with E-state index < -0.39 is 0 Å². The first-order chi connectivity index (χ1) is 16.0. The van der Waals surface area contributed by atoms with Gasteiger partial charge in [0.2, 0.25) is 0 Å². The predicted octanol–water partition coefficient (Wildman–Crippen LogP) is 6.40. The molecule has 1 aromatic carbocycles. The average Bonchev–Trinajstić information content (AvgIpc) is 3.33. The van der Waals surface area contributed by atoms with Crippen LogP contribution < -0.4 is 10.6 Å². The molecule has 0 bridgehead atoms. The summed E-state index contributed by atoms with van der Waals surface area (Å²) in [6, 6.07) is 8.15. The van der Waals surface area contributed by atoms with Gasteiger partial charge >= 0.3 is 5.97 Å². The van der Waals surface area contributed by atoms with Crippen molar-refractivity contribution in [2.24, 2.45) is 0 Å². The van der Waals surface area contributed by atoms with Crippen LogP contribution in [0.2, 0.25) is 0 Å². The third kappa shape index (κ3) is 6.22. The molecule has 0 amide bonds. The molecule has 0 spiro atoms. The van der Waals surface area contributed by atoms with Gasteiger partial charge < -0.3 is 15.4 Å². The standard InChI is InChI=1S/C24H27BrN4O2S2/c1-2-31-23(30)21-19-7-5-3-4-6-8-20(19)33-22(21)28-24(32)27-18-13-26-29(15-18)14-16-9-11-17(25)12-10-16/h9-13,15H,2-8,14H2,1H3,(H2,27,28,32). The second-order valence-corrected chi connectivity index (χ2v) is 10.4. The Balaban J connectivity index is 1.47. The predicted molar refractivity (Wildman–Crippen MR) is 141 cm³/mol. The number of ether oxygens (including phenoxy) is 1. The Morgan fingerprint density at radius 3 is 2.70 bits per heavy atom. The van der Waals surface area contributed by atoms with Gasteiger partial charge in [-0.15, -0.1) is 11.3 Å². The van der Waals surface area contributed by atoms with E-state index in [0.29, 0.717) is 23.8 Å². The number of hydrogen-bond acceptors (Lipinski definition) is 5. The minimum absolute atomic E-state index is 0.275. The van der Waals surface area contributed by atoms with E-state index in [-0.39, 0.29) is 5.97 Å². The molecule has 0 saturated carbocycles. The van der Waals surface area contributed by atoms with Gasteiger partial charge in [-0.1, -0.05) is 40.9 Å². The van der Waals surface area contributed by atoms with Gasteiger partial charge in [0.25, 0.3) is 0 Å². The summed E-state index contributed by atoms with van der Waals surface area (Å²) in [7, 11) is 0. The van der Waals surface area contributed by atoms with Crippen LogP contribution in [-0.4, -0.2) is 27.5 Å². The number of nitrogens with one attached hydrogen (secondary N) is 2. The Kier molecular flexibility index (Phi) is 8.16. The smallest absolute Gasteiger partial charge is 0.341 e. The first-order valence-electron chi connectivity index (χ1n) is 11.2. The monoisotopic (exact) mass is 546 g/mol. The number of thiocarbonyl (C=S) groups is 1. The van der Waals surface area contributed by atoms with Crippen LogP contribution >= 0.6 is 39.5 Å². The number of esters is 1. The number of nitrogens with zero attached hydrogens (tertiary/aromatic N) is 2. The zero-order valence-electron chi connectivity index (χ0n) is 18.5. The number of fused-ring (bicyclic) bond motifs is 1. The van der Waals surface area contributed by atoms with Crippen molar-refractivity contribution in [3.05, 3.63) is 62.7 Å². The minimum atomic E-state index is -0.275. The zero-order chi connectivity index (χ0) is 23.2. The Labute approximate surface area is 211 Å². The lowest BCUT2D eigenvalue weighted by molar-refractivity contribution is 0.0526. The molecule has 4 rings (SSSR count). The third-order valence-corrected chi connectivity index (χ3v) is 7.47. The summed E-state index contributed by atoms with van der Waals surface area (Å²) in [5, 5.41) is 12.1. The number of thiophene rings is 1. The molecule has 1 aliphatic carbocycles. The van der Waals surface area contributed by atoms with Gasteiger partial charge in [0.05, 0.1) is 30.6 Å². The van der Waals surface area contributed by atoms with Crippen molar-refractivity contribution in [2.45, 2.75) is 52.0 Å². The van der Waals surface area contributed by atoms with E-state index in [0.717, 1.165) is 52.0 Å². The van der Waals surface area contributed by atoms with E-state index in [1.165, 1.54) is 17.7 Å². The fourth-order valence-corrected chi connectivity index (χ4v) is 5.81. The highest BCUT2D eigenvalue weighted by Gasteiger charge is 2.25. The maximum atomic E-state index is 12.8. The molecule has 0 saturated heterocycles. The lowest BCUT2D eigenvalue weighted by Gasteiger charge is -2.12. The Hall–Kier alpha value is -2.23. The number of carbonyl (C=O) groups excluding carboxylic acids is 1. The molecular weight excluding hydrogens is 520 g/mol. The van der Waals surface area contributed by atoms with Gasteiger partial charge in [0.15, 0.2) is 5.11 Å². The zero-order valence-corrected chi connectivity index (χ0v) is 21.7. The first-order valence-corrected chi connectivity index (χ1v) is 13.2. The molecule has 1 aliphatic rings. The molecule has 6 nitrogen and oxygen atoms in total. The van der Waals surface area contributed by atoms with Crippen molar-refractivity contribution in [2.75, 3.05) is 17.2 Å². The molecule has 0 unspecified atom stereocenters. The number of benzene rings is 1. The maximum absolute atomic E-state index is 12.8. The summed E-state index contributed by atoms with van der Waals surface area (Å²) in [5.41, 5.74) is 3.72. The van der Waals surface area contributed by atoms with Gasteiger partial charge in [-0.2, -0.15) is 5.10 Å². The molecule has 174 valence electrons. The summed E-state index contributed by atoms with van der Waals surface area (Å²) in [5.74, 6) is -0.275. The lowest BCUT2D eigenvalue weighted by atomic mass is 9.96. The van der Waals surface area contributed by atoms with Crippen LogP contribution in [0.25, 0.3) is 0 Å². The molecule has 0 fully saturated rings. The van der Waals surface area contributed by atoms with Crippen LogP contribution in [0, 0.1) is 0 Å². The summed E-state index contributed by atoms with van der Waals surface area (Å²) in [6.45, 7) is 2.85. The van der Waals surface area contributed by atoms with E-state index >= 15 is 0 Å². The molecule has 0 atom stereocenters. The minimum Gasteiger partial charge on any atom is -0.462 e. The van der Waals surface area contributed by atoms with Crippen LogP contribution in [-0.2, 0) is 24.1 Å². The van der Waals surface area contributed by atoms with Crippen molar-refractivity contribution in [1.29, 1.82) is 0 Å². The second kappa shape index (κ2) is 11.3. The van der Waals surface area contributed by atoms with Crippen LogP contribution in [0.1, 0.15) is 59.0 Å². The number of hydrogen-bond donors (Lipinski definition) is 2. The number of aryl methyl sites for hydroxylation is 1. The van der Waals surface area contributed by atoms with Crippen LogP contribution in [0.15, 0.2) is 41.1 Å². The molecule has 33 heavy (non-hydrogen) atoms. The third-order valence-electron chi connectivity index (χ3n) is 5.53. The van der Waals surface area contributed by atoms with Crippen molar-refractivity contribution in [3.8, 4) is 0 Å². The van der Waals surface area contributed by atoms with Gasteiger partial charge in [-0.3, -0.25) is 4.68 Å². The topological polar surface area (TPSA) is 68.2 Å². The summed E-state index contributed by atoms with van der Waals surface area (Å²) >= 11 is 10.6. The van der Waals surface area contributed by atoms with Crippen LogP contribution in [0.5, 0.6) is 0 Å². The summed E-state index contributed by atoms with van der Waals surface area (Å²) in [4.78, 5) is 14.1. The van der Waals surface area contributed by atoms with Crippen molar-refractivity contribution >= 4 is 61.3 Å². The molecule has 2 heterocycles. The van der Waals surface area contributed by atoms with Crippen molar-refractivity contribution in [1.82, 2.24) is 9.78 Å². The molecular formula is C24H27BrN4O2S2. The lowest BCUT2D eigenvalue weighted by Crippen LogP contribution is -2.20. The van der Waals surface area contributed by atoms with E-state index in [1.807, 2.05) is 29.9 Å². The van der Waals surface area contributed by atoms with E-state index in [4.69, 9.17) is 17.0 Å². The molecule has 0 aliphatic heterocycles. The number of aromatic nitrogens is 2. The summed E-state index contributed by atoms with van der Waals surface area (Å²) < 4.78 is 8.29. The van der Waals surface area contributed by atoms with Crippen LogP contribution in [0.4, 0.5) is 10.7 Å². The summed E-state index contributed by atoms with van der Waals surface area (Å²) in [6.07, 6.45) is 10.2. The first kappa shape index (κ1) is 23.9. The highest BCUT2D eigenvalue weighted by molar-refractivity contribution is 9.10. The number of halogens is 1. The highest BCUT2D eigenvalue weighted by Crippen LogP contribution is 2.37. The van der Waals surface area contributed by atoms with Gasteiger partial charge in [-0.25, -0.2) is 4.79 Å². The van der Waals surface area contributed by atoms with Crippen molar-refractivity contribution in [3.63, 3.8) is 0 Å². The van der Waals surface area contributed by atoms with E-state index in [1.54, 1.807) is 17.5 Å². The number of carbonyl (C=O) groups is 1. The van der Waals surface area contributed by atoms with E-state index in [9.17, 15) is 4.79 Å². The largest absolute Gasteiger partial charge is 0.462 e. The van der Waals surface area contributed by atoms with Crippen LogP contribution in [0.3, 0.4) is 0 Å². The SMILES string of the molecule is CCOC(=O)c1c(NC(=S)Nc2cnn(Cc3ccc(Br)cc3)c2)sc2c1CCCCCC2. The molecule has 9 heteroatoms. The fraction of sp³-hybridized carbons (Fsp3) is 0.375. The van der Waals surface area contributed by atoms with Crippen molar-refractivity contribution < 1.29 is 9.53 Å².